The minimum absolute atomic E-state index is 0.252. The minimum atomic E-state index is -0.958. The molecule has 2 rings (SSSR count). The van der Waals surface area contributed by atoms with E-state index in [9.17, 15) is 4.39 Å². The molecule has 0 amide bonds. The molecule has 2 saturated carbocycles. The fraction of sp³-hybridized carbons (Fsp3) is 1.00. The third kappa shape index (κ3) is 0.858. The highest BCUT2D eigenvalue weighted by molar-refractivity contribution is 5.04. The molecule has 0 aromatic carbocycles. The molecule has 0 unspecified atom stereocenters. The Labute approximate surface area is 60.8 Å². The quantitative estimate of drug-likeness (QED) is 0.636. The lowest BCUT2D eigenvalue weighted by atomic mass is 9.94. The van der Waals surface area contributed by atoms with Crippen LogP contribution < -0.4 is 5.73 Å². The third-order valence-corrected chi connectivity index (χ3v) is 2.82. The van der Waals surface area contributed by atoms with Gasteiger partial charge >= 0.3 is 0 Å². The number of halogens is 1. The number of alkyl halides is 1. The van der Waals surface area contributed by atoms with E-state index in [4.69, 9.17) is 5.73 Å². The molecule has 0 bridgehead atoms. The first-order chi connectivity index (χ1) is 4.77. The molecule has 2 heteroatoms. The van der Waals surface area contributed by atoms with Crippen LogP contribution in [0.4, 0.5) is 4.39 Å². The van der Waals surface area contributed by atoms with Crippen molar-refractivity contribution in [2.45, 2.75) is 31.4 Å². The molecule has 2 N–H and O–H groups in total. The smallest absolute Gasteiger partial charge is 0.128 e. The van der Waals surface area contributed by atoms with E-state index in [1.165, 1.54) is 0 Å². The second kappa shape index (κ2) is 1.94. The molecule has 1 nitrogen and oxygen atoms in total. The van der Waals surface area contributed by atoms with Crippen molar-refractivity contribution in [1.29, 1.82) is 0 Å². The molecule has 10 heavy (non-hydrogen) atoms. The SMILES string of the molecule is NCC(F)(C1CC1)C1CC1. The van der Waals surface area contributed by atoms with Gasteiger partial charge in [0.25, 0.3) is 0 Å². The molecule has 0 aromatic rings. The highest BCUT2D eigenvalue weighted by Gasteiger charge is 2.54. The largest absolute Gasteiger partial charge is 0.328 e. The van der Waals surface area contributed by atoms with Gasteiger partial charge in [0, 0.05) is 6.54 Å². The summed E-state index contributed by atoms with van der Waals surface area (Å²) in [5, 5.41) is 0. The number of hydrogen-bond acceptors (Lipinski definition) is 1. The summed E-state index contributed by atoms with van der Waals surface area (Å²) in [6.07, 6.45) is 4.29. The number of hydrogen-bond donors (Lipinski definition) is 1. The van der Waals surface area contributed by atoms with Gasteiger partial charge in [0.05, 0.1) is 0 Å². The maximum absolute atomic E-state index is 13.8. The van der Waals surface area contributed by atoms with Gasteiger partial charge in [-0.15, -0.1) is 0 Å². The molecule has 2 aliphatic carbocycles. The van der Waals surface area contributed by atoms with Crippen molar-refractivity contribution in [3.63, 3.8) is 0 Å². The van der Waals surface area contributed by atoms with Crippen LogP contribution in [0.3, 0.4) is 0 Å². The van der Waals surface area contributed by atoms with Crippen molar-refractivity contribution < 1.29 is 4.39 Å². The second-order valence-corrected chi connectivity index (χ2v) is 3.68. The Bertz CT molecular complexity index is 126. The zero-order chi connectivity index (χ0) is 7.19. The van der Waals surface area contributed by atoms with Gasteiger partial charge in [-0.2, -0.15) is 0 Å². The molecule has 2 aliphatic rings. The fourth-order valence-electron chi connectivity index (χ4n) is 1.79. The monoisotopic (exact) mass is 143 g/mol. The van der Waals surface area contributed by atoms with E-state index in [1.54, 1.807) is 0 Å². The maximum atomic E-state index is 13.8. The normalized spacial score (nSPS) is 27.0. The molecule has 0 heterocycles. The van der Waals surface area contributed by atoms with Gasteiger partial charge in [-0.1, -0.05) is 0 Å². The van der Waals surface area contributed by atoms with Gasteiger partial charge in [-0.3, -0.25) is 0 Å². The van der Waals surface area contributed by atoms with E-state index in [2.05, 4.69) is 0 Å². The van der Waals surface area contributed by atoms with Crippen molar-refractivity contribution in [1.82, 2.24) is 0 Å². The van der Waals surface area contributed by atoms with Crippen molar-refractivity contribution in [3.8, 4) is 0 Å². The van der Waals surface area contributed by atoms with E-state index in [-0.39, 0.29) is 6.54 Å². The summed E-state index contributed by atoms with van der Waals surface area (Å²) in [7, 11) is 0. The van der Waals surface area contributed by atoms with Crippen LogP contribution in [0.5, 0.6) is 0 Å². The van der Waals surface area contributed by atoms with E-state index < -0.39 is 5.67 Å². The van der Waals surface area contributed by atoms with Gasteiger partial charge in [0.2, 0.25) is 0 Å². The van der Waals surface area contributed by atoms with Crippen molar-refractivity contribution in [2.24, 2.45) is 17.6 Å². The van der Waals surface area contributed by atoms with Gasteiger partial charge in [-0.05, 0) is 37.5 Å². The molecular formula is C8H14FN. The van der Waals surface area contributed by atoms with Gasteiger partial charge in [0.15, 0.2) is 0 Å². The van der Waals surface area contributed by atoms with Crippen LogP contribution in [0.25, 0.3) is 0 Å². The Morgan fingerprint density at radius 1 is 1.20 bits per heavy atom. The Kier molecular flexibility index (Phi) is 1.28. The first-order valence-corrected chi connectivity index (χ1v) is 4.16. The van der Waals surface area contributed by atoms with Gasteiger partial charge in [-0.25, -0.2) is 4.39 Å². The average molecular weight is 143 g/mol. The molecule has 0 atom stereocenters. The topological polar surface area (TPSA) is 26.0 Å². The summed E-state index contributed by atoms with van der Waals surface area (Å²) in [4.78, 5) is 0. The highest BCUT2D eigenvalue weighted by atomic mass is 19.1. The second-order valence-electron chi connectivity index (χ2n) is 3.68. The Balaban J connectivity index is 2.03. The first kappa shape index (κ1) is 6.59. The van der Waals surface area contributed by atoms with Crippen LogP contribution >= 0.6 is 0 Å². The van der Waals surface area contributed by atoms with Crippen LogP contribution in [-0.4, -0.2) is 12.2 Å². The van der Waals surface area contributed by atoms with Crippen LogP contribution in [0.15, 0.2) is 0 Å². The van der Waals surface area contributed by atoms with Crippen molar-refractivity contribution in [3.05, 3.63) is 0 Å². The van der Waals surface area contributed by atoms with Crippen LogP contribution in [0, 0.1) is 11.8 Å². The molecule has 2 fully saturated rings. The van der Waals surface area contributed by atoms with E-state index in [0.717, 1.165) is 25.7 Å². The zero-order valence-electron chi connectivity index (χ0n) is 6.15. The molecular weight excluding hydrogens is 129 g/mol. The molecule has 0 aliphatic heterocycles. The Morgan fingerprint density at radius 2 is 1.60 bits per heavy atom. The van der Waals surface area contributed by atoms with Crippen LogP contribution in [0.1, 0.15) is 25.7 Å². The van der Waals surface area contributed by atoms with E-state index in [1.807, 2.05) is 0 Å². The molecule has 0 radical (unpaired) electrons. The molecule has 0 saturated heterocycles. The predicted octanol–water partition coefficient (Wildman–Crippen LogP) is 1.47. The summed E-state index contributed by atoms with van der Waals surface area (Å²) < 4.78 is 13.8. The van der Waals surface area contributed by atoms with Gasteiger partial charge in [0.1, 0.15) is 5.67 Å². The fourth-order valence-corrected chi connectivity index (χ4v) is 1.79. The minimum Gasteiger partial charge on any atom is -0.328 e. The van der Waals surface area contributed by atoms with Crippen molar-refractivity contribution >= 4 is 0 Å². The summed E-state index contributed by atoms with van der Waals surface area (Å²) >= 11 is 0. The van der Waals surface area contributed by atoms with E-state index >= 15 is 0 Å². The standard InChI is InChI=1S/C8H14FN/c9-8(5-10,6-1-2-6)7-3-4-7/h6-7H,1-5,10H2. The molecule has 0 aromatic heterocycles. The first-order valence-electron chi connectivity index (χ1n) is 4.16. The Morgan fingerprint density at radius 3 is 1.80 bits per heavy atom. The van der Waals surface area contributed by atoms with Crippen molar-refractivity contribution in [2.75, 3.05) is 6.54 Å². The summed E-state index contributed by atoms with van der Waals surface area (Å²) in [6.45, 7) is 0.252. The van der Waals surface area contributed by atoms with Crippen LogP contribution in [-0.2, 0) is 0 Å². The summed E-state index contributed by atoms with van der Waals surface area (Å²) in [5.41, 5.74) is 4.46. The lowest BCUT2D eigenvalue weighted by Crippen LogP contribution is -2.37. The van der Waals surface area contributed by atoms with Gasteiger partial charge < -0.3 is 5.73 Å². The third-order valence-electron chi connectivity index (χ3n) is 2.82. The zero-order valence-corrected chi connectivity index (χ0v) is 6.15. The maximum Gasteiger partial charge on any atom is 0.128 e. The molecule has 0 spiro atoms. The number of nitrogens with two attached hydrogens (primary N) is 1. The average Bonchev–Trinajstić information content (AvgIpc) is 2.73. The van der Waals surface area contributed by atoms with E-state index in [0.29, 0.717) is 11.8 Å². The lowest BCUT2D eigenvalue weighted by molar-refractivity contribution is 0.113. The lowest BCUT2D eigenvalue weighted by Gasteiger charge is -2.22. The predicted molar refractivity (Wildman–Crippen MR) is 38.3 cm³/mol. The Hall–Kier alpha value is -0.110. The number of rotatable bonds is 3. The summed E-state index contributed by atoms with van der Waals surface area (Å²) in [6, 6.07) is 0. The van der Waals surface area contributed by atoms with Crippen LogP contribution in [0.2, 0.25) is 0 Å². The molecule has 58 valence electrons. The summed E-state index contributed by atoms with van der Waals surface area (Å²) in [5.74, 6) is 0.648. The highest BCUT2D eigenvalue weighted by Crippen LogP contribution is 2.53.